The summed E-state index contributed by atoms with van der Waals surface area (Å²) in [5.74, 6) is 1.54. The lowest BCUT2D eigenvalue weighted by atomic mass is 9.94. The number of hydrogen-bond acceptors (Lipinski definition) is 2. The van der Waals surface area contributed by atoms with Crippen LogP contribution in [0.5, 0.6) is 0 Å². The number of aryl methyl sites for hydroxylation is 1. The van der Waals surface area contributed by atoms with Gasteiger partial charge in [0.15, 0.2) is 5.82 Å². The molecule has 0 saturated carbocycles. The molecule has 0 bridgehead atoms. The minimum absolute atomic E-state index is 0.514. The first kappa shape index (κ1) is 11.0. The smallest absolute Gasteiger partial charge is 0.158 e. The zero-order valence-corrected chi connectivity index (χ0v) is 10.6. The molecular formula is C13H19N3. The molecule has 86 valence electrons. The summed E-state index contributed by atoms with van der Waals surface area (Å²) in [6.07, 6.45) is 0. The van der Waals surface area contributed by atoms with E-state index >= 15 is 0 Å². The highest BCUT2D eigenvalue weighted by atomic mass is 15.2. The molecule has 1 aromatic heterocycles. The highest BCUT2D eigenvalue weighted by Gasteiger charge is 2.15. The summed E-state index contributed by atoms with van der Waals surface area (Å²) in [6, 6.07) is 4.27. The van der Waals surface area contributed by atoms with Gasteiger partial charge in [-0.1, -0.05) is 19.9 Å². The van der Waals surface area contributed by atoms with Crippen molar-refractivity contribution in [3.63, 3.8) is 0 Å². The number of fused-ring (bicyclic) bond motifs is 1. The summed E-state index contributed by atoms with van der Waals surface area (Å²) in [4.78, 5) is 2.06. The van der Waals surface area contributed by atoms with Crippen LogP contribution in [-0.4, -0.2) is 24.3 Å². The van der Waals surface area contributed by atoms with Gasteiger partial charge in [0.05, 0.1) is 5.52 Å². The Hall–Kier alpha value is -1.51. The average Bonchev–Trinajstić information content (AvgIpc) is 2.60. The molecule has 0 aliphatic carbocycles. The Morgan fingerprint density at radius 2 is 1.94 bits per heavy atom. The summed E-state index contributed by atoms with van der Waals surface area (Å²) in [6.45, 7) is 6.63. The second-order valence-corrected chi connectivity index (χ2v) is 4.82. The van der Waals surface area contributed by atoms with Gasteiger partial charge in [-0.25, -0.2) is 0 Å². The van der Waals surface area contributed by atoms with Crippen LogP contribution in [0.25, 0.3) is 10.9 Å². The maximum atomic E-state index is 4.38. The molecule has 2 rings (SSSR count). The van der Waals surface area contributed by atoms with E-state index in [0.717, 1.165) is 11.3 Å². The molecule has 3 heteroatoms. The van der Waals surface area contributed by atoms with Gasteiger partial charge in [-0.15, -0.1) is 0 Å². The lowest BCUT2D eigenvalue weighted by Gasteiger charge is -2.15. The minimum atomic E-state index is 0.514. The van der Waals surface area contributed by atoms with Crippen LogP contribution in [0.15, 0.2) is 12.1 Å². The SMILES string of the molecule is Cc1ccc2[nH]nc(N(C)C)c2c1C(C)C. The third-order valence-corrected chi connectivity index (χ3v) is 2.97. The number of aromatic nitrogens is 2. The van der Waals surface area contributed by atoms with Crippen LogP contribution in [0.3, 0.4) is 0 Å². The van der Waals surface area contributed by atoms with Gasteiger partial charge < -0.3 is 4.90 Å². The van der Waals surface area contributed by atoms with E-state index in [1.165, 1.54) is 16.5 Å². The first-order valence-electron chi connectivity index (χ1n) is 5.67. The van der Waals surface area contributed by atoms with Gasteiger partial charge in [-0.3, -0.25) is 5.10 Å². The summed E-state index contributed by atoms with van der Waals surface area (Å²) in [5.41, 5.74) is 3.86. The Balaban J connectivity index is 2.82. The van der Waals surface area contributed by atoms with E-state index in [0.29, 0.717) is 5.92 Å². The molecule has 1 heterocycles. The van der Waals surface area contributed by atoms with Crippen LogP contribution < -0.4 is 4.90 Å². The van der Waals surface area contributed by atoms with E-state index < -0.39 is 0 Å². The molecule has 1 aromatic carbocycles. The number of nitrogens with zero attached hydrogens (tertiary/aromatic N) is 2. The highest BCUT2D eigenvalue weighted by Crippen LogP contribution is 2.33. The molecule has 0 amide bonds. The molecule has 0 aliphatic heterocycles. The van der Waals surface area contributed by atoms with E-state index in [1.807, 2.05) is 14.1 Å². The molecule has 3 nitrogen and oxygen atoms in total. The molecule has 2 aromatic rings. The number of aromatic amines is 1. The van der Waals surface area contributed by atoms with Crippen molar-refractivity contribution < 1.29 is 0 Å². The van der Waals surface area contributed by atoms with Crippen molar-refractivity contribution in [3.8, 4) is 0 Å². The van der Waals surface area contributed by atoms with Crippen molar-refractivity contribution in [1.29, 1.82) is 0 Å². The van der Waals surface area contributed by atoms with Crippen LogP contribution in [0.2, 0.25) is 0 Å². The van der Waals surface area contributed by atoms with Gasteiger partial charge in [-0.2, -0.15) is 5.10 Å². The highest BCUT2D eigenvalue weighted by molar-refractivity contribution is 5.94. The first-order chi connectivity index (χ1) is 7.52. The number of H-pyrrole nitrogens is 1. The maximum absolute atomic E-state index is 4.38. The van der Waals surface area contributed by atoms with Crippen LogP contribution >= 0.6 is 0 Å². The van der Waals surface area contributed by atoms with Gasteiger partial charge in [0.1, 0.15) is 0 Å². The fourth-order valence-corrected chi connectivity index (χ4v) is 2.29. The van der Waals surface area contributed by atoms with Crippen LogP contribution in [0.1, 0.15) is 30.9 Å². The Kier molecular flexibility index (Phi) is 2.62. The van der Waals surface area contributed by atoms with Gasteiger partial charge in [-0.05, 0) is 30.0 Å². The van der Waals surface area contributed by atoms with Crippen LogP contribution in [0, 0.1) is 6.92 Å². The Morgan fingerprint density at radius 3 is 2.50 bits per heavy atom. The lowest BCUT2D eigenvalue weighted by Crippen LogP contribution is -2.10. The van der Waals surface area contributed by atoms with E-state index in [2.05, 4.69) is 48.0 Å². The molecular weight excluding hydrogens is 198 g/mol. The fraction of sp³-hybridized carbons (Fsp3) is 0.462. The topological polar surface area (TPSA) is 31.9 Å². The zero-order valence-electron chi connectivity index (χ0n) is 10.6. The van der Waals surface area contributed by atoms with Crippen molar-refractivity contribution >= 4 is 16.7 Å². The maximum Gasteiger partial charge on any atom is 0.158 e. The molecule has 0 radical (unpaired) electrons. The molecule has 0 spiro atoms. The van der Waals surface area contributed by atoms with E-state index in [-0.39, 0.29) is 0 Å². The quantitative estimate of drug-likeness (QED) is 0.838. The largest absolute Gasteiger partial charge is 0.361 e. The van der Waals surface area contributed by atoms with Crippen molar-refractivity contribution in [1.82, 2.24) is 10.2 Å². The fourth-order valence-electron chi connectivity index (χ4n) is 2.29. The third-order valence-electron chi connectivity index (χ3n) is 2.97. The van der Waals surface area contributed by atoms with Crippen molar-refractivity contribution in [2.75, 3.05) is 19.0 Å². The molecule has 0 saturated heterocycles. The van der Waals surface area contributed by atoms with Gasteiger partial charge in [0.2, 0.25) is 0 Å². The van der Waals surface area contributed by atoms with E-state index in [9.17, 15) is 0 Å². The van der Waals surface area contributed by atoms with E-state index in [4.69, 9.17) is 0 Å². The molecule has 0 unspecified atom stereocenters. The van der Waals surface area contributed by atoms with Crippen LogP contribution in [0.4, 0.5) is 5.82 Å². The number of hydrogen-bond donors (Lipinski definition) is 1. The summed E-state index contributed by atoms with van der Waals surface area (Å²) < 4.78 is 0. The number of anilines is 1. The standard InChI is InChI=1S/C13H19N3/c1-8(2)11-9(3)6-7-10-12(11)13(15-14-10)16(4)5/h6-8H,1-5H3,(H,14,15). The second-order valence-electron chi connectivity index (χ2n) is 4.82. The van der Waals surface area contributed by atoms with Gasteiger partial charge in [0, 0.05) is 19.5 Å². The lowest BCUT2D eigenvalue weighted by molar-refractivity contribution is 0.866. The Morgan fingerprint density at radius 1 is 1.25 bits per heavy atom. The minimum Gasteiger partial charge on any atom is -0.361 e. The predicted molar refractivity (Wildman–Crippen MR) is 69.2 cm³/mol. The number of benzene rings is 1. The van der Waals surface area contributed by atoms with Crippen molar-refractivity contribution in [2.24, 2.45) is 0 Å². The first-order valence-corrected chi connectivity index (χ1v) is 5.67. The van der Waals surface area contributed by atoms with Gasteiger partial charge >= 0.3 is 0 Å². The summed E-state index contributed by atoms with van der Waals surface area (Å²) >= 11 is 0. The number of rotatable bonds is 2. The molecule has 0 aliphatic rings. The third kappa shape index (κ3) is 1.56. The zero-order chi connectivity index (χ0) is 11.9. The van der Waals surface area contributed by atoms with Crippen molar-refractivity contribution in [2.45, 2.75) is 26.7 Å². The molecule has 0 atom stereocenters. The number of nitrogens with one attached hydrogen (secondary N) is 1. The predicted octanol–water partition coefficient (Wildman–Crippen LogP) is 3.06. The Bertz CT molecular complexity index is 509. The summed E-state index contributed by atoms with van der Waals surface area (Å²) in [7, 11) is 4.06. The van der Waals surface area contributed by atoms with Crippen LogP contribution in [-0.2, 0) is 0 Å². The molecule has 1 N–H and O–H groups in total. The normalized spacial score (nSPS) is 11.4. The molecule has 16 heavy (non-hydrogen) atoms. The van der Waals surface area contributed by atoms with E-state index in [1.54, 1.807) is 0 Å². The van der Waals surface area contributed by atoms with Gasteiger partial charge in [0.25, 0.3) is 0 Å². The Labute approximate surface area is 96.5 Å². The molecule has 0 fully saturated rings. The average molecular weight is 217 g/mol. The summed E-state index contributed by atoms with van der Waals surface area (Å²) in [5, 5.41) is 8.74. The second kappa shape index (κ2) is 3.81. The monoisotopic (exact) mass is 217 g/mol. The van der Waals surface area contributed by atoms with Crippen molar-refractivity contribution in [3.05, 3.63) is 23.3 Å².